The van der Waals surface area contributed by atoms with Crippen LogP contribution in [-0.4, -0.2) is 4.57 Å². The van der Waals surface area contributed by atoms with Crippen LogP contribution in [0.15, 0.2) is 132 Å². The molecule has 6 aromatic carbocycles. The predicted octanol–water partition coefficient (Wildman–Crippen LogP) is 10.2. The molecule has 1 aliphatic rings. The van der Waals surface area contributed by atoms with Gasteiger partial charge < -0.3 is 18.5 Å². The molecule has 3 heterocycles. The van der Waals surface area contributed by atoms with Gasteiger partial charge in [0.1, 0.15) is 11.2 Å². The lowest BCUT2D eigenvalue weighted by atomic mass is 10.0. The number of aromatic nitrogens is 1. The molecule has 0 radical (unpaired) electrons. The average Bonchev–Trinajstić information content (AvgIpc) is 3.55. The average molecular weight is 516 g/mol. The zero-order chi connectivity index (χ0) is 26.2. The smallest absolute Gasteiger partial charge is 0.170 e. The molecule has 0 aliphatic carbocycles. The molecule has 0 N–H and O–H groups in total. The van der Waals surface area contributed by atoms with E-state index < -0.39 is 0 Å². The molecule has 2 aromatic heterocycles. The molecule has 4 nitrogen and oxygen atoms in total. The summed E-state index contributed by atoms with van der Waals surface area (Å²) in [5, 5.41) is 4.64. The summed E-state index contributed by atoms with van der Waals surface area (Å²) in [6, 6.07) is 43.7. The fourth-order valence-corrected chi connectivity index (χ4v) is 6.06. The first-order valence-corrected chi connectivity index (χ1v) is 13.3. The molecule has 0 amide bonds. The second-order valence-electron chi connectivity index (χ2n) is 10.1. The predicted molar refractivity (Wildman–Crippen MR) is 160 cm³/mol. The Bertz CT molecular complexity index is 2290. The Labute approximate surface area is 229 Å². The van der Waals surface area contributed by atoms with Crippen LogP contribution in [0, 0.1) is 0 Å². The number of benzene rings is 6. The fraction of sp³-hybridized carbons (Fsp3) is 0. The van der Waals surface area contributed by atoms with E-state index in [-0.39, 0.29) is 0 Å². The molecule has 9 rings (SSSR count). The normalized spacial score (nSPS) is 12.4. The molecule has 0 spiro atoms. The minimum Gasteiger partial charge on any atom is -0.456 e. The van der Waals surface area contributed by atoms with Crippen LogP contribution in [0.25, 0.3) is 60.6 Å². The number of para-hydroxylation sites is 4. The third kappa shape index (κ3) is 3.01. The van der Waals surface area contributed by atoms with E-state index in [9.17, 15) is 0 Å². The molecule has 0 fully saturated rings. The molecule has 0 atom stereocenters. The summed E-state index contributed by atoms with van der Waals surface area (Å²) in [5.74, 6) is 2.90. The van der Waals surface area contributed by atoms with Crippen molar-refractivity contribution in [1.82, 2.24) is 4.57 Å². The van der Waals surface area contributed by atoms with E-state index in [2.05, 4.69) is 83.4 Å². The summed E-state index contributed by atoms with van der Waals surface area (Å²) in [7, 11) is 0. The fourth-order valence-electron chi connectivity index (χ4n) is 6.06. The van der Waals surface area contributed by atoms with Crippen molar-refractivity contribution >= 4 is 43.7 Å². The number of fused-ring (bicyclic) bond motifs is 8. The Morgan fingerprint density at radius 1 is 0.425 bits per heavy atom. The monoisotopic (exact) mass is 515 g/mol. The largest absolute Gasteiger partial charge is 0.456 e. The highest BCUT2D eigenvalue weighted by Gasteiger charge is 2.20. The minimum atomic E-state index is 0.720. The van der Waals surface area contributed by atoms with Gasteiger partial charge in [0, 0.05) is 16.2 Å². The van der Waals surface area contributed by atoms with Gasteiger partial charge in [0.2, 0.25) is 0 Å². The molecule has 1 aliphatic heterocycles. The molecule has 0 saturated heterocycles. The van der Waals surface area contributed by atoms with Crippen LogP contribution in [0.2, 0.25) is 0 Å². The van der Waals surface area contributed by atoms with Crippen LogP contribution < -0.4 is 9.47 Å². The Hall–Kier alpha value is -5.48. The summed E-state index contributed by atoms with van der Waals surface area (Å²) >= 11 is 0. The van der Waals surface area contributed by atoms with Gasteiger partial charge in [-0.25, -0.2) is 0 Å². The van der Waals surface area contributed by atoms with Crippen LogP contribution in [0.1, 0.15) is 0 Å². The first-order valence-electron chi connectivity index (χ1n) is 13.3. The number of ether oxygens (including phenoxy) is 2. The maximum atomic E-state index is 6.22. The van der Waals surface area contributed by atoms with Gasteiger partial charge >= 0.3 is 0 Å². The quantitative estimate of drug-likeness (QED) is 0.230. The first kappa shape index (κ1) is 21.5. The minimum absolute atomic E-state index is 0.720. The highest BCUT2D eigenvalue weighted by Crippen LogP contribution is 2.47. The van der Waals surface area contributed by atoms with Crippen molar-refractivity contribution in [2.75, 3.05) is 0 Å². The molecule has 8 aromatic rings. The second kappa shape index (κ2) is 8.01. The van der Waals surface area contributed by atoms with Crippen molar-refractivity contribution in [3.8, 4) is 39.8 Å². The van der Waals surface area contributed by atoms with Gasteiger partial charge in [0.25, 0.3) is 0 Å². The highest BCUT2D eigenvalue weighted by molar-refractivity contribution is 6.14. The zero-order valence-corrected chi connectivity index (χ0v) is 21.3. The Balaban J connectivity index is 1.25. The third-order valence-corrected chi connectivity index (χ3v) is 7.86. The van der Waals surface area contributed by atoms with Gasteiger partial charge in [-0.15, -0.1) is 0 Å². The lowest BCUT2D eigenvalue weighted by Crippen LogP contribution is -1.98. The van der Waals surface area contributed by atoms with E-state index in [1.54, 1.807) is 0 Å². The maximum absolute atomic E-state index is 6.22. The van der Waals surface area contributed by atoms with E-state index in [4.69, 9.17) is 13.9 Å². The Morgan fingerprint density at radius 3 is 1.98 bits per heavy atom. The number of nitrogens with zero attached hydrogens (tertiary/aromatic N) is 1. The van der Waals surface area contributed by atoms with Crippen LogP contribution >= 0.6 is 0 Å². The lowest BCUT2D eigenvalue weighted by molar-refractivity contribution is 0.360. The SMILES string of the molecule is c1ccc2c(c1)Oc1ccc(-c3ccc4c(c3)c3ccccc3n4-c3cccc4oc5ccccc5c34)cc1O2. The Kier molecular flexibility index (Phi) is 4.30. The molecule has 188 valence electrons. The molecular weight excluding hydrogens is 494 g/mol. The summed E-state index contributed by atoms with van der Waals surface area (Å²) < 4.78 is 20.8. The molecule has 0 bridgehead atoms. The van der Waals surface area contributed by atoms with Crippen molar-refractivity contribution in [3.05, 3.63) is 127 Å². The van der Waals surface area contributed by atoms with Crippen LogP contribution in [0.4, 0.5) is 0 Å². The summed E-state index contributed by atoms with van der Waals surface area (Å²) in [4.78, 5) is 0. The first-order chi connectivity index (χ1) is 19.8. The summed E-state index contributed by atoms with van der Waals surface area (Å²) in [5.41, 5.74) is 7.39. The number of rotatable bonds is 2. The van der Waals surface area contributed by atoms with E-state index in [1.165, 1.54) is 10.8 Å². The third-order valence-electron chi connectivity index (χ3n) is 7.86. The van der Waals surface area contributed by atoms with E-state index in [0.717, 1.165) is 72.8 Å². The van der Waals surface area contributed by atoms with Crippen molar-refractivity contribution in [3.63, 3.8) is 0 Å². The number of hydrogen-bond acceptors (Lipinski definition) is 3. The van der Waals surface area contributed by atoms with Gasteiger partial charge in [-0.1, -0.05) is 66.7 Å². The molecule has 0 saturated carbocycles. The number of hydrogen-bond donors (Lipinski definition) is 0. The van der Waals surface area contributed by atoms with Gasteiger partial charge in [-0.05, 0) is 71.8 Å². The van der Waals surface area contributed by atoms with Gasteiger partial charge in [-0.2, -0.15) is 0 Å². The molecule has 0 unspecified atom stereocenters. The summed E-state index contributed by atoms with van der Waals surface area (Å²) in [6.45, 7) is 0. The topological polar surface area (TPSA) is 36.5 Å². The molecular formula is C36H21NO3. The number of furan rings is 1. The van der Waals surface area contributed by atoms with E-state index in [1.807, 2.05) is 48.5 Å². The van der Waals surface area contributed by atoms with Gasteiger partial charge in [0.15, 0.2) is 23.0 Å². The maximum Gasteiger partial charge on any atom is 0.170 e. The summed E-state index contributed by atoms with van der Waals surface area (Å²) in [6.07, 6.45) is 0. The van der Waals surface area contributed by atoms with E-state index >= 15 is 0 Å². The standard InChI is InChI=1S/C36H21NO3/c1-3-10-27-24(8-1)26-20-22(23-17-19-33-35(21-23)40-32-14-6-5-13-31(32)39-33)16-18-28(26)37(27)29-11-7-15-34-36(29)25-9-2-4-12-30(25)38-34/h1-21H. The molecule has 4 heteroatoms. The molecule has 40 heavy (non-hydrogen) atoms. The Morgan fingerprint density at radius 2 is 1.07 bits per heavy atom. The van der Waals surface area contributed by atoms with Crippen LogP contribution in [0.3, 0.4) is 0 Å². The van der Waals surface area contributed by atoms with Crippen molar-refractivity contribution in [2.45, 2.75) is 0 Å². The van der Waals surface area contributed by atoms with Crippen molar-refractivity contribution in [1.29, 1.82) is 0 Å². The van der Waals surface area contributed by atoms with Gasteiger partial charge in [-0.3, -0.25) is 0 Å². The van der Waals surface area contributed by atoms with Crippen molar-refractivity contribution in [2.24, 2.45) is 0 Å². The van der Waals surface area contributed by atoms with Crippen LogP contribution in [0.5, 0.6) is 23.0 Å². The zero-order valence-electron chi connectivity index (χ0n) is 21.3. The van der Waals surface area contributed by atoms with Crippen LogP contribution in [-0.2, 0) is 0 Å². The second-order valence-corrected chi connectivity index (χ2v) is 10.1. The van der Waals surface area contributed by atoms with Crippen molar-refractivity contribution < 1.29 is 13.9 Å². The van der Waals surface area contributed by atoms with Gasteiger partial charge in [0.05, 0.1) is 22.1 Å². The highest BCUT2D eigenvalue weighted by atomic mass is 16.6. The lowest BCUT2D eigenvalue weighted by Gasteiger charge is -2.21. The van der Waals surface area contributed by atoms with E-state index in [0.29, 0.717) is 0 Å².